The van der Waals surface area contributed by atoms with Crippen molar-refractivity contribution in [3.05, 3.63) is 17.7 Å². The van der Waals surface area contributed by atoms with Crippen molar-refractivity contribution >= 4 is 16.0 Å². The molecule has 1 aliphatic rings. The molecule has 11 heteroatoms. The highest BCUT2D eigenvalue weighted by Crippen LogP contribution is 2.44. The first-order valence-corrected chi connectivity index (χ1v) is 9.06. The van der Waals surface area contributed by atoms with Gasteiger partial charge in [0.05, 0.1) is 6.61 Å². The Morgan fingerprint density at radius 3 is 2.40 bits per heavy atom. The molecular weight excluding hydrogens is 368 g/mol. The van der Waals surface area contributed by atoms with E-state index < -0.39 is 57.0 Å². The van der Waals surface area contributed by atoms with Crippen molar-refractivity contribution in [1.29, 1.82) is 0 Å². The van der Waals surface area contributed by atoms with Crippen LogP contribution in [0.4, 0.5) is 17.6 Å². The third-order valence-corrected chi connectivity index (χ3v) is 5.70. The standard InChI is InChI=1S/C14H18F4N2O4S/c1-3-24-12(21)11-10(15)9(8-20(11)2)25(22,23)19-13(14(16,17)18)6-4-5-7-13/h8,19H,3-7H2,1-2H3. The second-order valence-electron chi connectivity index (χ2n) is 5.88. The molecule has 0 bridgehead atoms. The van der Waals surface area contributed by atoms with Gasteiger partial charge in [0.2, 0.25) is 10.0 Å². The molecule has 0 amide bonds. The third-order valence-electron chi connectivity index (χ3n) is 4.18. The van der Waals surface area contributed by atoms with Crippen molar-refractivity contribution in [2.75, 3.05) is 6.61 Å². The Hall–Kier alpha value is -1.62. The van der Waals surface area contributed by atoms with Crippen LogP contribution in [0.2, 0.25) is 0 Å². The maximum atomic E-state index is 14.4. The van der Waals surface area contributed by atoms with Crippen molar-refractivity contribution in [3.63, 3.8) is 0 Å². The Labute approximate surface area is 142 Å². The molecule has 0 aromatic carbocycles. The van der Waals surface area contributed by atoms with E-state index in [-0.39, 0.29) is 19.4 Å². The molecule has 1 saturated carbocycles. The van der Waals surface area contributed by atoms with Crippen LogP contribution in [0.1, 0.15) is 43.1 Å². The smallest absolute Gasteiger partial charge is 0.407 e. The van der Waals surface area contributed by atoms with E-state index in [0.717, 1.165) is 10.8 Å². The molecule has 0 unspecified atom stereocenters. The maximum absolute atomic E-state index is 14.4. The van der Waals surface area contributed by atoms with Gasteiger partial charge in [0.25, 0.3) is 0 Å². The molecule has 2 rings (SSSR count). The number of esters is 1. The van der Waals surface area contributed by atoms with Crippen LogP contribution in [0.15, 0.2) is 11.1 Å². The summed E-state index contributed by atoms with van der Waals surface area (Å²) in [7, 11) is -3.64. The number of hydrogen-bond acceptors (Lipinski definition) is 4. The highest BCUT2D eigenvalue weighted by Gasteiger charge is 2.58. The van der Waals surface area contributed by atoms with E-state index in [1.165, 1.54) is 14.0 Å². The van der Waals surface area contributed by atoms with E-state index in [2.05, 4.69) is 4.74 Å². The highest BCUT2D eigenvalue weighted by atomic mass is 32.2. The largest absolute Gasteiger partial charge is 0.461 e. The zero-order valence-electron chi connectivity index (χ0n) is 13.6. The number of halogens is 4. The number of rotatable bonds is 5. The minimum atomic E-state index is -4.84. The fourth-order valence-corrected chi connectivity index (χ4v) is 4.50. The summed E-state index contributed by atoms with van der Waals surface area (Å²) in [6.45, 7) is 1.41. The van der Waals surface area contributed by atoms with Crippen LogP contribution in [0.5, 0.6) is 0 Å². The van der Waals surface area contributed by atoms with E-state index in [1.807, 2.05) is 0 Å². The van der Waals surface area contributed by atoms with Gasteiger partial charge in [0.1, 0.15) is 10.4 Å². The summed E-state index contributed by atoms with van der Waals surface area (Å²) in [6, 6.07) is 0. The molecule has 0 spiro atoms. The highest BCUT2D eigenvalue weighted by molar-refractivity contribution is 7.89. The van der Waals surface area contributed by atoms with E-state index in [1.54, 1.807) is 4.72 Å². The first kappa shape index (κ1) is 19.7. The zero-order valence-corrected chi connectivity index (χ0v) is 14.4. The van der Waals surface area contributed by atoms with Gasteiger partial charge >= 0.3 is 12.1 Å². The summed E-state index contributed by atoms with van der Waals surface area (Å²) in [6.07, 6.45) is -4.50. The zero-order chi connectivity index (χ0) is 19.0. The molecule has 0 aliphatic heterocycles. The van der Waals surface area contributed by atoms with Gasteiger partial charge in [-0.3, -0.25) is 0 Å². The molecule has 0 radical (unpaired) electrons. The quantitative estimate of drug-likeness (QED) is 0.623. The lowest BCUT2D eigenvalue weighted by atomic mass is 9.99. The maximum Gasteiger partial charge on any atom is 0.407 e. The predicted octanol–water partition coefficient (Wildman–Crippen LogP) is 2.49. The summed E-state index contributed by atoms with van der Waals surface area (Å²) in [5.41, 5.74) is -3.30. The Morgan fingerprint density at radius 2 is 1.92 bits per heavy atom. The Morgan fingerprint density at radius 1 is 1.36 bits per heavy atom. The average molecular weight is 386 g/mol. The fraction of sp³-hybridized carbons (Fsp3) is 0.643. The molecule has 0 atom stereocenters. The van der Waals surface area contributed by atoms with Crippen LogP contribution in [-0.2, 0) is 21.8 Å². The number of sulfonamides is 1. The van der Waals surface area contributed by atoms with Crippen LogP contribution >= 0.6 is 0 Å². The second kappa shape index (κ2) is 6.60. The normalized spacial score (nSPS) is 17.7. The summed E-state index contributed by atoms with van der Waals surface area (Å²) in [5, 5.41) is 0. The van der Waals surface area contributed by atoms with Crippen LogP contribution in [0, 0.1) is 5.82 Å². The van der Waals surface area contributed by atoms with Gasteiger partial charge in [-0.15, -0.1) is 0 Å². The Kier molecular flexibility index (Phi) is 5.20. The van der Waals surface area contributed by atoms with E-state index >= 15 is 0 Å². The number of hydrogen-bond donors (Lipinski definition) is 1. The summed E-state index contributed by atoms with van der Waals surface area (Å²) in [5.74, 6) is -2.54. The van der Waals surface area contributed by atoms with Crippen LogP contribution in [0.25, 0.3) is 0 Å². The number of ether oxygens (including phenoxy) is 1. The Bertz CT molecular complexity index is 765. The lowest BCUT2D eigenvalue weighted by molar-refractivity contribution is -0.188. The van der Waals surface area contributed by atoms with Gasteiger partial charge in [-0.2, -0.15) is 17.9 Å². The second-order valence-corrected chi connectivity index (χ2v) is 7.53. The van der Waals surface area contributed by atoms with Crippen molar-refractivity contribution in [1.82, 2.24) is 9.29 Å². The predicted molar refractivity (Wildman–Crippen MR) is 78.9 cm³/mol. The number of alkyl halides is 3. The van der Waals surface area contributed by atoms with Crippen molar-refractivity contribution < 1.29 is 35.5 Å². The molecule has 25 heavy (non-hydrogen) atoms. The van der Waals surface area contributed by atoms with Crippen LogP contribution < -0.4 is 4.72 Å². The van der Waals surface area contributed by atoms with E-state index in [4.69, 9.17) is 0 Å². The minimum Gasteiger partial charge on any atom is -0.461 e. The number of carbonyl (C=O) groups is 1. The fourth-order valence-electron chi connectivity index (χ4n) is 2.92. The lowest BCUT2D eigenvalue weighted by Gasteiger charge is -2.32. The number of carbonyl (C=O) groups excluding carboxylic acids is 1. The first-order chi connectivity index (χ1) is 11.5. The van der Waals surface area contributed by atoms with Crippen LogP contribution in [0.3, 0.4) is 0 Å². The van der Waals surface area contributed by atoms with Gasteiger partial charge < -0.3 is 9.30 Å². The molecule has 6 nitrogen and oxygen atoms in total. The molecule has 142 valence electrons. The number of nitrogens with one attached hydrogen (secondary N) is 1. The molecule has 1 N–H and O–H groups in total. The van der Waals surface area contributed by atoms with Crippen LogP contribution in [-0.4, -0.2) is 37.3 Å². The molecule has 1 aliphatic carbocycles. The molecule has 1 aromatic rings. The third kappa shape index (κ3) is 3.52. The first-order valence-electron chi connectivity index (χ1n) is 7.58. The SMILES string of the molecule is CCOC(=O)c1c(F)c(S(=O)(=O)NC2(C(F)(F)F)CCCC2)cn1C. The van der Waals surface area contributed by atoms with Gasteiger partial charge in [-0.1, -0.05) is 12.8 Å². The van der Waals surface area contributed by atoms with Crippen molar-refractivity contribution in [3.8, 4) is 0 Å². The molecule has 1 aromatic heterocycles. The monoisotopic (exact) mass is 386 g/mol. The van der Waals surface area contributed by atoms with Crippen molar-refractivity contribution in [2.24, 2.45) is 7.05 Å². The molecular formula is C14H18F4N2O4S. The summed E-state index contributed by atoms with van der Waals surface area (Å²) in [4.78, 5) is 10.7. The number of nitrogens with zero attached hydrogens (tertiary/aromatic N) is 1. The van der Waals surface area contributed by atoms with Gasteiger partial charge in [0.15, 0.2) is 11.5 Å². The van der Waals surface area contributed by atoms with Gasteiger partial charge in [0, 0.05) is 13.2 Å². The lowest BCUT2D eigenvalue weighted by Crippen LogP contribution is -2.56. The average Bonchev–Trinajstić information content (AvgIpc) is 3.04. The van der Waals surface area contributed by atoms with Gasteiger partial charge in [-0.25, -0.2) is 17.6 Å². The molecule has 1 heterocycles. The summed E-state index contributed by atoms with van der Waals surface area (Å²) >= 11 is 0. The molecule has 0 saturated heterocycles. The summed E-state index contributed by atoms with van der Waals surface area (Å²) < 4.78 is 86.5. The van der Waals surface area contributed by atoms with E-state index in [0.29, 0.717) is 0 Å². The minimum absolute atomic E-state index is 0.0685. The van der Waals surface area contributed by atoms with E-state index in [9.17, 15) is 30.8 Å². The number of aryl methyl sites for hydroxylation is 1. The molecule has 1 fully saturated rings. The van der Waals surface area contributed by atoms with Crippen molar-refractivity contribution in [2.45, 2.75) is 49.2 Å². The Balaban J connectivity index is 2.44. The number of aromatic nitrogens is 1. The topological polar surface area (TPSA) is 77.4 Å². The van der Waals surface area contributed by atoms with Gasteiger partial charge in [-0.05, 0) is 19.8 Å².